The first kappa shape index (κ1) is 27.0. The Balaban J connectivity index is 1.26. The van der Waals surface area contributed by atoms with E-state index in [4.69, 9.17) is 5.73 Å². The molecule has 1 amide bonds. The van der Waals surface area contributed by atoms with Gasteiger partial charge < -0.3 is 21.3 Å². The molecule has 0 unspecified atom stereocenters. The number of benzene rings is 1. The Morgan fingerprint density at radius 1 is 1.15 bits per heavy atom. The topological polar surface area (TPSA) is 139 Å². The van der Waals surface area contributed by atoms with Crippen molar-refractivity contribution >= 4 is 34.0 Å². The monoisotopic (exact) mass is 530 g/mol. The van der Waals surface area contributed by atoms with E-state index in [9.17, 15) is 15.0 Å². The van der Waals surface area contributed by atoms with Crippen LogP contribution in [0.5, 0.6) is 0 Å². The lowest BCUT2D eigenvalue weighted by atomic mass is 9.80. The van der Waals surface area contributed by atoms with Crippen molar-refractivity contribution in [1.82, 2.24) is 19.6 Å². The molecule has 3 aromatic heterocycles. The molecule has 39 heavy (non-hydrogen) atoms. The third-order valence-electron chi connectivity index (χ3n) is 8.29. The van der Waals surface area contributed by atoms with Crippen LogP contribution in [-0.2, 0) is 11.2 Å². The van der Waals surface area contributed by atoms with Crippen molar-refractivity contribution in [3.05, 3.63) is 60.0 Å². The van der Waals surface area contributed by atoms with Gasteiger partial charge in [0, 0.05) is 23.4 Å². The molecular weight excluding hydrogens is 492 g/mol. The lowest BCUT2D eigenvalue weighted by Gasteiger charge is -2.28. The Hall–Kier alpha value is -3.56. The van der Waals surface area contributed by atoms with Gasteiger partial charge in [-0.2, -0.15) is 5.10 Å². The normalized spacial score (nSPS) is 23.0. The van der Waals surface area contributed by atoms with Crippen LogP contribution in [-0.4, -0.2) is 47.9 Å². The molecule has 1 aliphatic rings. The Morgan fingerprint density at radius 3 is 2.79 bits per heavy atom. The zero-order valence-electron chi connectivity index (χ0n) is 22.7. The predicted molar refractivity (Wildman–Crippen MR) is 152 cm³/mol. The van der Waals surface area contributed by atoms with Crippen molar-refractivity contribution in [2.24, 2.45) is 5.41 Å². The Bertz CT molecular complexity index is 1470. The lowest BCUT2D eigenvalue weighted by molar-refractivity contribution is -0.116. The summed E-state index contributed by atoms with van der Waals surface area (Å²) in [5.41, 5.74) is 8.94. The van der Waals surface area contributed by atoms with Gasteiger partial charge in [0.2, 0.25) is 5.91 Å². The van der Waals surface area contributed by atoms with Crippen LogP contribution in [0.1, 0.15) is 76.0 Å². The summed E-state index contributed by atoms with van der Waals surface area (Å²) >= 11 is 0. The van der Waals surface area contributed by atoms with Crippen molar-refractivity contribution in [1.29, 1.82) is 0 Å². The van der Waals surface area contributed by atoms with Crippen LogP contribution < -0.4 is 11.1 Å². The van der Waals surface area contributed by atoms with Gasteiger partial charge in [-0.1, -0.05) is 45.2 Å². The van der Waals surface area contributed by atoms with Gasteiger partial charge in [-0.05, 0) is 67.0 Å². The van der Waals surface area contributed by atoms with Crippen molar-refractivity contribution in [2.45, 2.75) is 83.3 Å². The van der Waals surface area contributed by atoms with Gasteiger partial charge in [-0.25, -0.2) is 14.5 Å². The van der Waals surface area contributed by atoms with Gasteiger partial charge in [-0.3, -0.25) is 4.79 Å². The fourth-order valence-corrected chi connectivity index (χ4v) is 5.89. The number of nitrogen functional groups attached to an aromatic ring is 1. The van der Waals surface area contributed by atoms with E-state index in [1.54, 1.807) is 4.52 Å². The van der Waals surface area contributed by atoms with Crippen molar-refractivity contribution in [3.63, 3.8) is 0 Å². The maximum absolute atomic E-state index is 12.3. The van der Waals surface area contributed by atoms with Gasteiger partial charge in [0.05, 0.1) is 17.7 Å². The molecule has 3 heterocycles. The van der Waals surface area contributed by atoms with Crippen LogP contribution in [0, 0.1) is 5.41 Å². The number of pyridine rings is 1. The molecule has 9 nitrogen and oxygen atoms in total. The minimum Gasteiger partial charge on any atom is -0.390 e. The van der Waals surface area contributed by atoms with Gasteiger partial charge in [0.1, 0.15) is 17.7 Å². The predicted octanol–water partition coefficient (Wildman–Crippen LogP) is 4.62. The first-order chi connectivity index (χ1) is 18.8. The van der Waals surface area contributed by atoms with Crippen LogP contribution in [0.4, 0.5) is 11.6 Å². The van der Waals surface area contributed by atoms with Gasteiger partial charge in [0.15, 0.2) is 5.82 Å². The highest BCUT2D eigenvalue weighted by molar-refractivity contribution is 5.91. The van der Waals surface area contributed by atoms with E-state index in [1.807, 2.05) is 43.3 Å². The second-order valence-corrected chi connectivity index (χ2v) is 11.2. The number of anilines is 2. The third kappa shape index (κ3) is 5.60. The number of fused-ring (bicyclic) bond motifs is 2. The summed E-state index contributed by atoms with van der Waals surface area (Å²) in [6.45, 7) is 4.19. The molecule has 0 radical (unpaired) electrons. The minimum atomic E-state index is -0.907. The number of aliphatic hydroxyl groups excluding tert-OH is 2. The average Bonchev–Trinajstić information content (AvgIpc) is 3.46. The molecule has 1 saturated carbocycles. The number of rotatable bonds is 10. The number of nitrogens with zero attached hydrogens (tertiary/aromatic N) is 4. The number of aliphatic hydroxyl groups is 2. The van der Waals surface area contributed by atoms with Crippen LogP contribution in [0.15, 0.2) is 48.8 Å². The van der Waals surface area contributed by atoms with Crippen molar-refractivity contribution < 1.29 is 15.0 Å². The van der Waals surface area contributed by atoms with Crippen LogP contribution in [0.25, 0.3) is 16.4 Å². The van der Waals surface area contributed by atoms with E-state index < -0.39 is 17.6 Å². The lowest BCUT2D eigenvalue weighted by Crippen LogP contribution is -2.34. The fourth-order valence-electron chi connectivity index (χ4n) is 5.89. The number of amides is 1. The molecule has 5 N–H and O–H groups in total. The number of aromatic nitrogens is 4. The summed E-state index contributed by atoms with van der Waals surface area (Å²) in [5.74, 6) is 0.670. The fraction of sp³-hybridized carbons (Fsp3) is 0.467. The molecule has 0 spiro atoms. The van der Waals surface area contributed by atoms with E-state index >= 15 is 0 Å². The van der Waals surface area contributed by atoms with E-state index in [2.05, 4.69) is 33.4 Å². The molecule has 0 aliphatic heterocycles. The Kier molecular flexibility index (Phi) is 7.81. The molecule has 0 saturated heterocycles. The van der Waals surface area contributed by atoms with E-state index in [-0.39, 0.29) is 11.8 Å². The highest BCUT2D eigenvalue weighted by Gasteiger charge is 2.50. The standard InChI is InChI=1S/C30H38N6O3/c1-3-4-5-6-7-26(37)35-25-13-10-20-9-8-19(16-22(20)34-25)14-15-30(2)17-21(27(38)28(30)39)23-11-12-24-29(31)32-18-33-36(23)24/h8-13,16,18,21,27-28,38-39H,3-7,14-15,17H2,1-2H3,(H2,31,32,33)(H,34,35,37)/t21-,27-,28-,30-/m0/s1. The second kappa shape index (κ2) is 11.3. The van der Waals surface area contributed by atoms with Crippen molar-refractivity contribution in [2.75, 3.05) is 11.1 Å². The number of carbonyl (C=O) groups is 1. The summed E-state index contributed by atoms with van der Waals surface area (Å²) in [4.78, 5) is 21.0. The van der Waals surface area contributed by atoms with E-state index in [0.29, 0.717) is 36.4 Å². The highest BCUT2D eigenvalue weighted by Crippen LogP contribution is 2.49. The maximum atomic E-state index is 12.3. The number of unbranched alkanes of at least 4 members (excludes halogenated alkanes) is 3. The molecule has 5 rings (SSSR count). The SMILES string of the molecule is CCCCCCC(=O)Nc1ccc2ccc(CC[C@@]3(C)C[C@@H](c4ccc5c(N)ncnn45)[C@H](O)[C@@H]3O)cc2n1. The molecule has 0 bridgehead atoms. The van der Waals surface area contributed by atoms with E-state index in [1.165, 1.54) is 6.33 Å². The average molecular weight is 531 g/mol. The summed E-state index contributed by atoms with van der Waals surface area (Å²) in [6, 6.07) is 13.7. The molecule has 9 heteroatoms. The molecule has 4 atom stereocenters. The maximum Gasteiger partial charge on any atom is 0.225 e. The summed E-state index contributed by atoms with van der Waals surface area (Å²) in [5, 5.41) is 30.4. The minimum absolute atomic E-state index is 0.00437. The zero-order chi connectivity index (χ0) is 27.6. The number of aryl methyl sites for hydroxylation is 1. The van der Waals surface area contributed by atoms with Gasteiger partial charge in [-0.15, -0.1) is 0 Å². The molecule has 206 valence electrons. The van der Waals surface area contributed by atoms with Crippen molar-refractivity contribution in [3.8, 4) is 0 Å². The summed E-state index contributed by atoms with van der Waals surface area (Å²) in [6.07, 6.45) is 6.41. The quantitative estimate of drug-likeness (QED) is 0.220. The van der Waals surface area contributed by atoms with Crippen LogP contribution >= 0.6 is 0 Å². The summed E-state index contributed by atoms with van der Waals surface area (Å²) < 4.78 is 1.71. The molecular formula is C30H38N6O3. The first-order valence-corrected chi connectivity index (χ1v) is 13.9. The van der Waals surface area contributed by atoms with E-state index in [0.717, 1.165) is 54.3 Å². The largest absolute Gasteiger partial charge is 0.390 e. The molecule has 4 aromatic rings. The Labute approximate surface area is 228 Å². The molecule has 1 aromatic carbocycles. The first-order valence-electron chi connectivity index (χ1n) is 13.9. The smallest absolute Gasteiger partial charge is 0.225 e. The third-order valence-corrected chi connectivity index (χ3v) is 8.29. The highest BCUT2D eigenvalue weighted by atomic mass is 16.3. The zero-order valence-corrected chi connectivity index (χ0v) is 22.7. The van der Waals surface area contributed by atoms with Crippen LogP contribution in [0.2, 0.25) is 0 Å². The summed E-state index contributed by atoms with van der Waals surface area (Å²) in [7, 11) is 0. The Morgan fingerprint density at radius 2 is 1.97 bits per heavy atom. The number of hydrogen-bond donors (Lipinski definition) is 4. The van der Waals surface area contributed by atoms with Gasteiger partial charge >= 0.3 is 0 Å². The number of carbonyl (C=O) groups excluding carboxylic acids is 1. The number of nitrogens with one attached hydrogen (secondary N) is 1. The molecule has 1 fully saturated rings. The number of hydrogen-bond acceptors (Lipinski definition) is 7. The molecule has 1 aliphatic carbocycles. The second-order valence-electron chi connectivity index (χ2n) is 11.2. The number of nitrogens with two attached hydrogens (primary N) is 1. The van der Waals surface area contributed by atoms with Gasteiger partial charge in [0.25, 0.3) is 0 Å². The van der Waals surface area contributed by atoms with Crippen LogP contribution in [0.3, 0.4) is 0 Å².